The highest BCUT2D eigenvalue weighted by molar-refractivity contribution is 6.29. The van der Waals surface area contributed by atoms with Crippen LogP contribution < -0.4 is 10.1 Å². The average molecular weight is 280 g/mol. The molecule has 0 aliphatic rings. The lowest BCUT2D eigenvalue weighted by Crippen LogP contribution is -2.19. The van der Waals surface area contributed by atoms with Gasteiger partial charge in [0.15, 0.2) is 5.22 Å². The molecular weight excluding hydrogens is 262 g/mol. The second-order valence-corrected chi connectivity index (χ2v) is 4.85. The van der Waals surface area contributed by atoms with Crippen molar-refractivity contribution in [3.05, 3.63) is 52.4 Å². The predicted molar refractivity (Wildman–Crippen MR) is 77.0 cm³/mol. The fourth-order valence-electron chi connectivity index (χ4n) is 2.21. The van der Waals surface area contributed by atoms with E-state index in [9.17, 15) is 0 Å². The number of likely N-dealkylation sites (N-methyl/N-ethyl adjacent to an activating group) is 1. The van der Waals surface area contributed by atoms with Crippen molar-refractivity contribution in [2.24, 2.45) is 0 Å². The molecular formula is C15H18ClNO2. The van der Waals surface area contributed by atoms with E-state index in [2.05, 4.69) is 18.3 Å². The van der Waals surface area contributed by atoms with Gasteiger partial charge in [0.2, 0.25) is 0 Å². The Morgan fingerprint density at radius 3 is 2.74 bits per heavy atom. The molecule has 0 aliphatic heterocycles. The zero-order valence-corrected chi connectivity index (χ0v) is 12.1. The smallest absolute Gasteiger partial charge is 0.197 e. The molecule has 102 valence electrons. The molecule has 19 heavy (non-hydrogen) atoms. The first kappa shape index (κ1) is 14.0. The molecule has 4 heteroatoms. The summed E-state index contributed by atoms with van der Waals surface area (Å²) in [4.78, 5) is 0. The summed E-state index contributed by atoms with van der Waals surface area (Å²) in [6.45, 7) is 2.07. The molecule has 0 aliphatic carbocycles. The minimum Gasteiger partial charge on any atom is -0.496 e. The highest BCUT2D eigenvalue weighted by Crippen LogP contribution is 2.30. The molecule has 2 rings (SSSR count). The third-order valence-electron chi connectivity index (χ3n) is 3.23. The van der Waals surface area contributed by atoms with Crippen LogP contribution in [0.15, 0.2) is 34.9 Å². The van der Waals surface area contributed by atoms with Gasteiger partial charge in [-0.1, -0.05) is 17.7 Å². The minimum atomic E-state index is 0.0990. The molecule has 1 aromatic carbocycles. The second kappa shape index (κ2) is 6.13. The Bertz CT molecular complexity index is 551. The SMILES string of the molecule is CNC(Cc1cc(C)ccc1OC)c1ccoc1Cl. The van der Waals surface area contributed by atoms with Gasteiger partial charge in [0.1, 0.15) is 5.75 Å². The van der Waals surface area contributed by atoms with E-state index in [0.29, 0.717) is 5.22 Å². The molecule has 0 bridgehead atoms. The van der Waals surface area contributed by atoms with Crippen LogP contribution in [-0.4, -0.2) is 14.2 Å². The molecule has 1 N–H and O–H groups in total. The monoisotopic (exact) mass is 279 g/mol. The van der Waals surface area contributed by atoms with Gasteiger partial charge in [0.25, 0.3) is 0 Å². The molecule has 0 fully saturated rings. The molecule has 0 spiro atoms. The lowest BCUT2D eigenvalue weighted by Gasteiger charge is -2.17. The van der Waals surface area contributed by atoms with Crippen LogP contribution in [0.3, 0.4) is 0 Å². The summed E-state index contributed by atoms with van der Waals surface area (Å²) in [6, 6.07) is 8.17. The Morgan fingerprint density at radius 2 is 2.16 bits per heavy atom. The molecule has 0 amide bonds. The van der Waals surface area contributed by atoms with Gasteiger partial charge >= 0.3 is 0 Å². The van der Waals surface area contributed by atoms with Gasteiger partial charge in [0, 0.05) is 11.6 Å². The predicted octanol–water partition coefficient (Wildman–Crippen LogP) is 3.75. The summed E-state index contributed by atoms with van der Waals surface area (Å²) < 4.78 is 10.6. The van der Waals surface area contributed by atoms with Crippen molar-refractivity contribution < 1.29 is 9.15 Å². The van der Waals surface area contributed by atoms with Crippen molar-refractivity contribution in [2.45, 2.75) is 19.4 Å². The van der Waals surface area contributed by atoms with E-state index >= 15 is 0 Å². The van der Waals surface area contributed by atoms with Crippen LogP contribution in [0.25, 0.3) is 0 Å². The van der Waals surface area contributed by atoms with E-state index in [4.69, 9.17) is 20.8 Å². The number of hydrogen-bond acceptors (Lipinski definition) is 3. The molecule has 2 aromatic rings. The van der Waals surface area contributed by atoms with E-state index in [1.54, 1.807) is 13.4 Å². The molecule has 1 unspecified atom stereocenters. The van der Waals surface area contributed by atoms with E-state index < -0.39 is 0 Å². The van der Waals surface area contributed by atoms with Crippen molar-refractivity contribution in [1.29, 1.82) is 0 Å². The zero-order valence-electron chi connectivity index (χ0n) is 11.4. The summed E-state index contributed by atoms with van der Waals surface area (Å²) in [5, 5.41) is 3.70. The van der Waals surface area contributed by atoms with Crippen LogP contribution in [-0.2, 0) is 6.42 Å². The van der Waals surface area contributed by atoms with Crippen LogP contribution in [0.5, 0.6) is 5.75 Å². The highest BCUT2D eigenvalue weighted by atomic mass is 35.5. The topological polar surface area (TPSA) is 34.4 Å². The van der Waals surface area contributed by atoms with Gasteiger partial charge in [-0.25, -0.2) is 0 Å². The van der Waals surface area contributed by atoms with Crippen molar-refractivity contribution >= 4 is 11.6 Å². The van der Waals surface area contributed by atoms with Crippen LogP contribution in [0, 0.1) is 6.92 Å². The van der Waals surface area contributed by atoms with Gasteiger partial charge in [-0.15, -0.1) is 0 Å². The highest BCUT2D eigenvalue weighted by Gasteiger charge is 2.17. The third-order valence-corrected chi connectivity index (χ3v) is 3.54. The van der Waals surface area contributed by atoms with Crippen LogP contribution >= 0.6 is 11.6 Å². The number of aryl methyl sites for hydroxylation is 1. The number of methoxy groups -OCH3 is 1. The Morgan fingerprint density at radius 1 is 1.37 bits per heavy atom. The van der Waals surface area contributed by atoms with Gasteiger partial charge in [0.05, 0.1) is 13.4 Å². The molecule has 1 heterocycles. The lowest BCUT2D eigenvalue weighted by atomic mass is 9.99. The maximum Gasteiger partial charge on any atom is 0.197 e. The minimum absolute atomic E-state index is 0.0990. The molecule has 1 aromatic heterocycles. The van der Waals surface area contributed by atoms with E-state index in [1.807, 2.05) is 25.2 Å². The van der Waals surface area contributed by atoms with Crippen molar-refractivity contribution in [1.82, 2.24) is 5.32 Å². The number of benzene rings is 1. The largest absolute Gasteiger partial charge is 0.496 e. The van der Waals surface area contributed by atoms with Crippen LogP contribution in [0.4, 0.5) is 0 Å². The number of halogens is 1. The van der Waals surface area contributed by atoms with E-state index in [0.717, 1.165) is 23.3 Å². The molecule has 0 saturated heterocycles. The van der Waals surface area contributed by atoms with Crippen molar-refractivity contribution in [3.8, 4) is 5.75 Å². The number of rotatable bonds is 5. The summed E-state index contributed by atoms with van der Waals surface area (Å²) >= 11 is 6.05. The zero-order chi connectivity index (χ0) is 13.8. The number of hydrogen-bond donors (Lipinski definition) is 1. The number of nitrogens with one attached hydrogen (secondary N) is 1. The summed E-state index contributed by atoms with van der Waals surface area (Å²) in [5.74, 6) is 0.894. The van der Waals surface area contributed by atoms with E-state index in [1.165, 1.54) is 5.56 Å². The van der Waals surface area contributed by atoms with Gasteiger partial charge in [-0.3, -0.25) is 0 Å². The first-order chi connectivity index (χ1) is 9.15. The Balaban J connectivity index is 2.28. The standard InChI is InChI=1S/C15H18ClNO2/c1-10-4-5-14(18-3)11(8-10)9-13(17-2)12-6-7-19-15(12)16/h4-8,13,17H,9H2,1-3H3. The summed E-state index contributed by atoms with van der Waals surface area (Å²) in [7, 11) is 3.60. The van der Waals surface area contributed by atoms with Crippen molar-refractivity contribution in [2.75, 3.05) is 14.2 Å². The average Bonchev–Trinajstić information content (AvgIpc) is 2.82. The van der Waals surface area contributed by atoms with Crippen LogP contribution in [0.2, 0.25) is 5.22 Å². The third kappa shape index (κ3) is 3.11. The molecule has 0 saturated carbocycles. The fraction of sp³-hybridized carbons (Fsp3) is 0.333. The first-order valence-corrected chi connectivity index (χ1v) is 6.57. The van der Waals surface area contributed by atoms with Gasteiger partial charge in [-0.2, -0.15) is 0 Å². The Labute approximate surface area is 118 Å². The maximum atomic E-state index is 6.05. The quantitative estimate of drug-likeness (QED) is 0.905. The first-order valence-electron chi connectivity index (χ1n) is 6.19. The van der Waals surface area contributed by atoms with E-state index in [-0.39, 0.29) is 6.04 Å². The summed E-state index contributed by atoms with van der Waals surface area (Å²) in [6.07, 6.45) is 2.40. The Hall–Kier alpha value is -1.45. The summed E-state index contributed by atoms with van der Waals surface area (Å²) in [5.41, 5.74) is 3.33. The second-order valence-electron chi connectivity index (χ2n) is 4.51. The van der Waals surface area contributed by atoms with Crippen molar-refractivity contribution in [3.63, 3.8) is 0 Å². The van der Waals surface area contributed by atoms with Gasteiger partial charge < -0.3 is 14.5 Å². The molecule has 3 nitrogen and oxygen atoms in total. The van der Waals surface area contributed by atoms with Crippen LogP contribution in [0.1, 0.15) is 22.7 Å². The molecule has 1 atom stereocenters. The maximum absolute atomic E-state index is 6.05. The fourth-order valence-corrected chi connectivity index (χ4v) is 2.45. The lowest BCUT2D eigenvalue weighted by molar-refractivity contribution is 0.406. The van der Waals surface area contributed by atoms with Gasteiger partial charge in [-0.05, 0) is 49.7 Å². The molecule has 0 radical (unpaired) electrons. The number of ether oxygens (including phenoxy) is 1. The number of furan rings is 1. The Kier molecular flexibility index (Phi) is 4.51. The normalized spacial score (nSPS) is 12.4.